The van der Waals surface area contributed by atoms with E-state index in [1.54, 1.807) is 9.58 Å². The Labute approximate surface area is 154 Å². The Morgan fingerprint density at radius 3 is 2.15 bits per heavy atom. The molecule has 0 N–H and O–H groups in total. The monoisotopic (exact) mass is 348 g/mol. The van der Waals surface area contributed by atoms with Crippen molar-refractivity contribution >= 4 is 5.91 Å². The molecule has 0 bridgehead atoms. The van der Waals surface area contributed by atoms with Crippen LogP contribution in [0.5, 0.6) is 0 Å². The molecule has 0 aliphatic heterocycles. The van der Waals surface area contributed by atoms with Gasteiger partial charge in [-0.2, -0.15) is 5.10 Å². The molecular weight excluding hydrogens is 324 g/mol. The first kappa shape index (κ1) is 17.9. The third-order valence-corrected chi connectivity index (χ3v) is 4.24. The molecule has 0 aliphatic rings. The van der Waals surface area contributed by atoms with Gasteiger partial charge in [-0.05, 0) is 26.2 Å². The second kappa shape index (κ2) is 7.97. The molecule has 0 atom stereocenters. The van der Waals surface area contributed by atoms with E-state index in [4.69, 9.17) is 5.10 Å². The summed E-state index contributed by atoms with van der Waals surface area (Å²) in [7, 11) is 5.84. The van der Waals surface area contributed by atoms with E-state index < -0.39 is 0 Å². The fourth-order valence-electron chi connectivity index (χ4n) is 2.71. The molecule has 1 aromatic heterocycles. The van der Waals surface area contributed by atoms with Gasteiger partial charge in [-0.15, -0.1) is 0 Å². The van der Waals surface area contributed by atoms with Crippen LogP contribution in [0.15, 0.2) is 66.9 Å². The molecule has 26 heavy (non-hydrogen) atoms. The van der Waals surface area contributed by atoms with Crippen molar-refractivity contribution in [3.05, 3.63) is 72.4 Å². The molecule has 5 heteroatoms. The summed E-state index contributed by atoms with van der Waals surface area (Å²) in [4.78, 5) is 16.9. The molecule has 0 unspecified atom stereocenters. The largest absolute Gasteiger partial charge is 0.340 e. The first-order valence-electron chi connectivity index (χ1n) is 8.67. The minimum Gasteiger partial charge on any atom is -0.340 e. The summed E-state index contributed by atoms with van der Waals surface area (Å²) in [5, 5.41) is 4.71. The number of para-hydroxylation sites is 1. The number of carbonyl (C=O) groups is 1. The van der Waals surface area contributed by atoms with Gasteiger partial charge in [0.2, 0.25) is 0 Å². The average molecular weight is 348 g/mol. The molecule has 3 rings (SSSR count). The second-order valence-electron chi connectivity index (χ2n) is 6.57. The molecule has 0 radical (unpaired) electrons. The van der Waals surface area contributed by atoms with Crippen molar-refractivity contribution in [1.29, 1.82) is 0 Å². The first-order valence-corrected chi connectivity index (χ1v) is 8.67. The lowest BCUT2D eigenvalue weighted by Crippen LogP contribution is -2.33. The molecule has 3 aromatic rings. The van der Waals surface area contributed by atoms with Gasteiger partial charge in [0.15, 0.2) is 0 Å². The van der Waals surface area contributed by atoms with Gasteiger partial charge in [-0.3, -0.25) is 4.79 Å². The van der Waals surface area contributed by atoms with E-state index in [1.807, 2.05) is 88.0 Å². The average Bonchev–Trinajstić information content (AvgIpc) is 3.12. The normalized spacial score (nSPS) is 10.9. The van der Waals surface area contributed by atoms with Gasteiger partial charge < -0.3 is 9.80 Å². The van der Waals surface area contributed by atoms with E-state index in [-0.39, 0.29) is 5.91 Å². The van der Waals surface area contributed by atoms with Crippen molar-refractivity contribution < 1.29 is 4.79 Å². The number of carbonyl (C=O) groups excluding carboxylic acids is 1. The van der Waals surface area contributed by atoms with Crippen LogP contribution in [0.25, 0.3) is 16.9 Å². The lowest BCUT2D eigenvalue weighted by atomic mass is 10.1. The topological polar surface area (TPSA) is 41.4 Å². The number of hydrogen-bond acceptors (Lipinski definition) is 3. The Bertz CT molecular complexity index is 856. The Morgan fingerprint density at radius 2 is 1.54 bits per heavy atom. The van der Waals surface area contributed by atoms with Gasteiger partial charge in [0, 0.05) is 31.9 Å². The lowest BCUT2D eigenvalue weighted by Gasteiger charge is -2.19. The molecule has 0 saturated heterocycles. The van der Waals surface area contributed by atoms with Gasteiger partial charge in [0.05, 0.1) is 11.3 Å². The maximum atomic E-state index is 13.1. The second-order valence-corrected chi connectivity index (χ2v) is 6.57. The van der Waals surface area contributed by atoms with Crippen LogP contribution >= 0.6 is 0 Å². The number of benzene rings is 2. The number of likely N-dealkylation sites (N-methyl/N-ethyl adjacent to an activating group) is 2. The molecule has 0 saturated carbocycles. The van der Waals surface area contributed by atoms with Crippen LogP contribution in [0.3, 0.4) is 0 Å². The van der Waals surface area contributed by atoms with E-state index in [1.165, 1.54) is 0 Å². The number of amides is 1. The third-order valence-electron chi connectivity index (χ3n) is 4.24. The highest BCUT2D eigenvalue weighted by molar-refractivity contribution is 5.99. The van der Waals surface area contributed by atoms with Crippen LogP contribution < -0.4 is 0 Å². The Kier molecular flexibility index (Phi) is 5.49. The molecule has 0 spiro atoms. The Balaban J connectivity index is 1.99. The number of aromatic nitrogens is 2. The third kappa shape index (κ3) is 4.00. The van der Waals surface area contributed by atoms with Crippen LogP contribution in [0.2, 0.25) is 0 Å². The van der Waals surface area contributed by atoms with Crippen molar-refractivity contribution in [3.63, 3.8) is 0 Å². The zero-order chi connectivity index (χ0) is 18.5. The number of rotatable bonds is 6. The molecule has 1 amide bonds. The highest BCUT2D eigenvalue weighted by Gasteiger charge is 2.21. The van der Waals surface area contributed by atoms with E-state index in [9.17, 15) is 4.79 Å². The predicted octanol–water partition coefficient (Wildman–Crippen LogP) is 3.17. The molecule has 2 aromatic carbocycles. The molecule has 5 nitrogen and oxygen atoms in total. The fourth-order valence-corrected chi connectivity index (χ4v) is 2.71. The molecule has 134 valence electrons. The summed E-state index contributed by atoms with van der Waals surface area (Å²) in [5.41, 5.74) is 3.18. The van der Waals surface area contributed by atoms with Gasteiger partial charge in [0.1, 0.15) is 5.69 Å². The molecule has 0 fully saturated rings. The van der Waals surface area contributed by atoms with Gasteiger partial charge in [0.25, 0.3) is 5.91 Å². The van der Waals surface area contributed by atoms with Crippen molar-refractivity contribution in [2.24, 2.45) is 0 Å². The van der Waals surface area contributed by atoms with E-state index in [0.717, 1.165) is 17.8 Å². The summed E-state index contributed by atoms with van der Waals surface area (Å²) < 4.78 is 1.77. The quantitative estimate of drug-likeness (QED) is 0.687. The smallest absolute Gasteiger partial charge is 0.257 e. The first-order chi connectivity index (χ1) is 12.6. The zero-order valence-electron chi connectivity index (χ0n) is 15.5. The predicted molar refractivity (Wildman–Crippen MR) is 105 cm³/mol. The number of hydrogen-bond donors (Lipinski definition) is 0. The number of nitrogens with zero attached hydrogens (tertiary/aromatic N) is 4. The van der Waals surface area contributed by atoms with Crippen molar-refractivity contribution in [1.82, 2.24) is 19.6 Å². The fraction of sp³-hybridized carbons (Fsp3) is 0.238. The highest BCUT2D eigenvalue weighted by Crippen LogP contribution is 2.24. The molecule has 0 aliphatic carbocycles. The molecule has 1 heterocycles. The van der Waals surface area contributed by atoms with Gasteiger partial charge >= 0.3 is 0 Å². The van der Waals surface area contributed by atoms with Crippen LogP contribution in [0.4, 0.5) is 0 Å². The van der Waals surface area contributed by atoms with Crippen LogP contribution in [0, 0.1) is 0 Å². The minimum absolute atomic E-state index is 0.0205. The maximum Gasteiger partial charge on any atom is 0.257 e. The van der Waals surface area contributed by atoms with E-state index in [0.29, 0.717) is 17.8 Å². The Hall–Kier alpha value is -2.92. The van der Waals surface area contributed by atoms with Crippen molar-refractivity contribution in [3.8, 4) is 16.9 Å². The van der Waals surface area contributed by atoms with E-state index >= 15 is 0 Å². The Morgan fingerprint density at radius 1 is 0.923 bits per heavy atom. The van der Waals surface area contributed by atoms with E-state index in [2.05, 4.69) is 4.90 Å². The molecular formula is C21H24N4O. The summed E-state index contributed by atoms with van der Waals surface area (Å²) in [5.74, 6) is -0.0205. The van der Waals surface area contributed by atoms with Crippen LogP contribution in [-0.4, -0.2) is 59.7 Å². The lowest BCUT2D eigenvalue weighted by molar-refractivity contribution is 0.0787. The van der Waals surface area contributed by atoms with Crippen LogP contribution in [-0.2, 0) is 0 Å². The summed E-state index contributed by atoms with van der Waals surface area (Å²) in [6, 6.07) is 19.7. The zero-order valence-corrected chi connectivity index (χ0v) is 15.5. The SMILES string of the molecule is CN(C)CCN(C)C(=O)c1cn(-c2ccccc2)nc1-c1ccccc1. The summed E-state index contributed by atoms with van der Waals surface area (Å²) in [6.07, 6.45) is 1.83. The standard InChI is InChI=1S/C21H24N4O/c1-23(2)14-15-24(3)21(26)19-16-25(18-12-8-5-9-13-18)22-20(19)17-10-6-4-7-11-17/h4-13,16H,14-15H2,1-3H3. The maximum absolute atomic E-state index is 13.1. The van der Waals surface area contributed by atoms with Gasteiger partial charge in [-0.25, -0.2) is 4.68 Å². The van der Waals surface area contributed by atoms with Crippen molar-refractivity contribution in [2.75, 3.05) is 34.2 Å². The van der Waals surface area contributed by atoms with Crippen LogP contribution in [0.1, 0.15) is 10.4 Å². The minimum atomic E-state index is -0.0205. The van der Waals surface area contributed by atoms with Gasteiger partial charge in [-0.1, -0.05) is 48.5 Å². The summed E-state index contributed by atoms with van der Waals surface area (Å²) in [6.45, 7) is 1.48. The summed E-state index contributed by atoms with van der Waals surface area (Å²) >= 11 is 0. The van der Waals surface area contributed by atoms with Crippen molar-refractivity contribution in [2.45, 2.75) is 0 Å². The highest BCUT2D eigenvalue weighted by atomic mass is 16.2.